The van der Waals surface area contributed by atoms with Crippen LogP contribution in [-0.4, -0.2) is 44.8 Å². The molecule has 2 saturated heterocycles. The Morgan fingerprint density at radius 3 is 1.79 bits per heavy atom. The molecule has 0 saturated carbocycles. The molecule has 2 fully saturated rings. The maximum atomic E-state index is 12.2. The summed E-state index contributed by atoms with van der Waals surface area (Å²) in [4.78, 5) is 22.7. The first-order chi connectivity index (χ1) is 18.4. The monoisotopic (exact) mass is 584 g/mol. The summed E-state index contributed by atoms with van der Waals surface area (Å²) in [7, 11) is -5.93. The zero-order chi connectivity index (χ0) is 28.5. The third kappa shape index (κ3) is 9.65. The fourth-order valence-corrected chi connectivity index (χ4v) is 3.75. The molecule has 2 atom stereocenters. The zero-order valence-electron chi connectivity index (χ0n) is 20.5. The lowest BCUT2D eigenvalue weighted by Crippen LogP contribution is -2.29. The van der Waals surface area contributed by atoms with E-state index in [-0.39, 0.29) is 25.3 Å². The average Bonchev–Trinajstić information content (AvgIpc) is 2.90. The van der Waals surface area contributed by atoms with E-state index in [9.17, 15) is 31.2 Å². The van der Waals surface area contributed by atoms with Crippen LogP contribution in [-0.2, 0) is 42.3 Å². The molecule has 39 heavy (non-hydrogen) atoms. The fourth-order valence-electron chi connectivity index (χ4n) is 3.30. The first-order valence-electron chi connectivity index (χ1n) is 11.8. The standard InChI is InChI=1S/C12H13F3O7S.C11H14O5/c13-12(14,15)23(17,18)22-10-7-20-8(5-9(10)16)6-21-11-3-1-2-4-19-11;12-9-5-8(15-7-10(9)13)6-16-11-3-1-2-4-14-11/h5,7,11H,1-4,6H2;5,7,11,13H,1-4,6H2. The topological polar surface area (TPSA) is 161 Å². The Morgan fingerprint density at radius 2 is 1.36 bits per heavy atom. The van der Waals surface area contributed by atoms with E-state index in [2.05, 4.69) is 4.18 Å². The van der Waals surface area contributed by atoms with Crippen LogP contribution in [0.5, 0.6) is 11.5 Å². The smallest absolute Gasteiger partial charge is 0.502 e. The molecular formula is C23H27F3O12S. The lowest BCUT2D eigenvalue weighted by Gasteiger charge is -2.22. The van der Waals surface area contributed by atoms with Crippen molar-refractivity contribution in [2.75, 3.05) is 13.2 Å². The SMILES string of the molecule is O=c1cc(COC2CCCCO2)occ1O.O=c1cc(COC2CCCCO2)occ1OS(=O)(=O)C(F)(F)F. The van der Waals surface area contributed by atoms with Gasteiger partial charge in [0.25, 0.3) is 0 Å². The van der Waals surface area contributed by atoms with Crippen molar-refractivity contribution in [3.63, 3.8) is 0 Å². The van der Waals surface area contributed by atoms with Gasteiger partial charge in [0.2, 0.25) is 16.6 Å². The molecule has 2 aromatic heterocycles. The second-order valence-corrected chi connectivity index (χ2v) is 9.91. The van der Waals surface area contributed by atoms with Crippen molar-refractivity contribution in [2.45, 2.75) is 69.8 Å². The highest BCUT2D eigenvalue weighted by Gasteiger charge is 2.49. The number of rotatable bonds is 8. The lowest BCUT2D eigenvalue weighted by molar-refractivity contribution is -0.171. The molecule has 0 amide bonds. The summed E-state index contributed by atoms with van der Waals surface area (Å²) in [6.45, 7) is 1.30. The van der Waals surface area contributed by atoms with Crippen LogP contribution in [0.15, 0.2) is 43.1 Å². The predicted molar refractivity (Wildman–Crippen MR) is 124 cm³/mol. The summed E-state index contributed by atoms with van der Waals surface area (Å²) in [6, 6.07) is 2.02. The Hall–Kier alpha value is -2.92. The first-order valence-corrected chi connectivity index (χ1v) is 13.2. The van der Waals surface area contributed by atoms with Crippen LogP contribution < -0.4 is 15.0 Å². The van der Waals surface area contributed by atoms with Crippen LogP contribution in [0.25, 0.3) is 0 Å². The molecule has 2 aliphatic rings. The zero-order valence-corrected chi connectivity index (χ0v) is 21.3. The predicted octanol–water partition coefficient (Wildman–Crippen LogP) is 3.30. The summed E-state index contributed by atoms with van der Waals surface area (Å²) in [6.07, 6.45) is 6.39. The van der Waals surface area contributed by atoms with Gasteiger partial charge in [0.1, 0.15) is 37.3 Å². The summed E-state index contributed by atoms with van der Waals surface area (Å²) in [5.41, 5.74) is -7.18. The van der Waals surface area contributed by atoms with Crippen molar-refractivity contribution in [3.8, 4) is 11.5 Å². The number of aromatic hydroxyl groups is 1. The Morgan fingerprint density at radius 1 is 0.846 bits per heavy atom. The van der Waals surface area contributed by atoms with E-state index in [0.717, 1.165) is 44.4 Å². The van der Waals surface area contributed by atoms with Crippen LogP contribution in [0, 0.1) is 0 Å². The quantitative estimate of drug-likeness (QED) is 0.357. The van der Waals surface area contributed by atoms with Crippen molar-refractivity contribution in [1.82, 2.24) is 0 Å². The van der Waals surface area contributed by atoms with Crippen LogP contribution in [0.4, 0.5) is 13.2 Å². The molecule has 12 nitrogen and oxygen atoms in total. The Labute approximate surface area is 220 Å². The second-order valence-electron chi connectivity index (χ2n) is 8.37. The number of halogens is 3. The third-order valence-electron chi connectivity index (χ3n) is 5.30. The molecule has 2 unspecified atom stereocenters. The largest absolute Gasteiger partial charge is 0.534 e. The third-order valence-corrected chi connectivity index (χ3v) is 6.27. The van der Waals surface area contributed by atoms with Crippen molar-refractivity contribution >= 4 is 10.1 Å². The van der Waals surface area contributed by atoms with Gasteiger partial charge in [-0.3, -0.25) is 9.59 Å². The van der Waals surface area contributed by atoms with Crippen LogP contribution in [0.1, 0.15) is 50.0 Å². The molecule has 1 N–H and O–H groups in total. The Balaban J connectivity index is 0.000000230. The molecule has 0 radical (unpaired) electrons. The summed E-state index contributed by atoms with van der Waals surface area (Å²) >= 11 is 0. The molecule has 2 aliphatic heterocycles. The highest BCUT2D eigenvalue weighted by molar-refractivity contribution is 7.88. The number of alkyl halides is 3. The van der Waals surface area contributed by atoms with E-state index in [0.29, 0.717) is 31.7 Å². The number of ether oxygens (including phenoxy) is 4. The maximum absolute atomic E-state index is 12.2. The van der Waals surface area contributed by atoms with E-state index in [1.165, 1.54) is 6.07 Å². The van der Waals surface area contributed by atoms with Gasteiger partial charge in [0, 0.05) is 25.3 Å². The molecule has 4 heterocycles. The minimum absolute atomic E-state index is 0.000861. The highest BCUT2D eigenvalue weighted by Crippen LogP contribution is 2.26. The Bertz CT molecular complexity index is 1280. The Kier molecular flexibility index (Phi) is 10.9. The van der Waals surface area contributed by atoms with Gasteiger partial charge in [-0.2, -0.15) is 21.6 Å². The molecule has 0 spiro atoms. The van der Waals surface area contributed by atoms with Crippen LogP contribution >= 0.6 is 0 Å². The van der Waals surface area contributed by atoms with E-state index in [1.54, 1.807) is 0 Å². The van der Waals surface area contributed by atoms with Crippen molar-refractivity contribution < 1.29 is 58.7 Å². The van der Waals surface area contributed by atoms with E-state index >= 15 is 0 Å². The van der Waals surface area contributed by atoms with Gasteiger partial charge in [-0.25, -0.2) is 0 Å². The first kappa shape index (κ1) is 30.6. The lowest BCUT2D eigenvalue weighted by atomic mass is 10.2. The summed E-state index contributed by atoms with van der Waals surface area (Å²) in [5, 5.41) is 8.99. The van der Waals surface area contributed by atoms with E-state index < -0.39 is 44.3 Å². The number of hydrogen-bond acceptors (Lipinski definition) is 12. The second kappa shape index (κ2) is 13.9. The van der Waals surface area contributed by atoms with Crippen LogP contribution in [0.2, 0.25) is 0 Å². The van der Waals surface area contributed by atoms with Crippen molar-refractivity contribution in [2.24, 2.45) is 0 Å². The van der Waals surface area contributed by atoms with Gasteiger partial charge < -0.3 is 37.1 Å². The highest BCUT2D eigenvalue weighted by atomic mass is 32.2. The molecular weight excluding hydrogens is 557 g/mol. The molecule has 0 bridgehead atoms. The van der Waals surface area contributed by atoms with Gasteiger partial charge in [-0.05, 0) is 38.5 Å². The molecule has 2 aromatic rings. The molecule has 218 valence electrons. The summed E-state index contributed by atoms with van der Waals surface area (Å²) < 4.78 is 93.1. The van der Waals surface area contributed by atoms with Gasteiger partial charge in [-0.1, -0.05) is 0 Å². The van der Waals surface area contributed by atoms with Crippen LogP contribution in [0.3, 0.4) is 0 Å². The van der Waals surface area contributed by atoms with E-state index in [4.69, 9.17) is 32.9 Å². The molecule has 4 rings (SSSR count). The number of hydrogen-bond donors (Lipinski definition) is 1. The summed E-state index contributed by atoms with van der Waals surface area (Å²) in [5.74, 6) is -1.09. The van der Waals surface area contributed by atoms with Gasteiger partial charge in [-0.15, -0.1) is 0 Å². The van der Waals surface area contributed by atoms with Gasteiger partial charge >= 0.3 is 15.6 Å². The minimum atomic E-state index is -5.93. The van der Waals surface area contributed by atoms with Gasteiger partial charge in [0.05, 0.1) is 0 Å². The molecule has 0 aromatic carbocycles. The molecule has 0 aliphatic carbocycles. The van der Waals surface area contributed by atoms with Crippen molar-refractivity contribution in [1.29, 1.82) is 0 Å². The molecule has 16 heteroatoms. The fraction of sp³-hybridized carbons (Fsp3) is 0.565. The van der Waals surface area contributed by atoms with Crippen molar-refractivity contribution in [3.05, 3.63) is 56.6 Å². The average molecular weight is 585 g/mol. The minimum Gasteiger partial charge on any atom is -0.502 e. The normalized spacial score (nSPS) is 20.1. The van der Waals surface area contributed by atoms with E-state index in [1.807, 2.05) is 0 Å². The maximum Gasteiger partial charge on any atom is 0.534 e. The van der Waals surface area contributed by atoms with Gasteiger partial charge in [0.15, 0.2) is 18.3 Å².